The van der Waals surface area contributed by atoms with Gasteiger partial charge in [-0.05, 0) is 31.9 Å². The lowest BCUT2D eigenvalue weighted by atomic mass is 10.2. The van der Waals surface area contributed by atoms with Gasteiger partial charge in [0.2, 0.25) is 0 Å². The minimum atomic E-state index is 0.812. The van der Waals surface area contributed by atoms with E-state index in [9.17, 15) is 0 Å². The van der Waals surface area contributed by atoms with Crippen LogP contribution >= 0.6 is 0 Å². The van der Waals surface area contributed by atoms with E-state index in [4.69, 9.17) is 5.73 Å². The molecule has 2 heterocycles. The lowest BCUT2D eigenvalue weighted by Crippen LogP contribution is -3.04. The molecule has 0 aliphatic rings. The van der Waals surface area contributed by atoms with Gasteiger partial charge in [-0.2, -0.15) is 0 Å². The molecular weight excluding hydrogens is 224 g/mol. The van der Waals surface area contributed by atoms with Crippen molar-refractivity contribution in [2.24, 2.45) is 0 Å². The highest BCUT2D eigenvalue weighted by molar-refractivity contribution is 5.77. The molecule has 98 valence electrons. The van der Waals surface area contributed by atoms with Gasteiger partial charge in [-0.25, -0.2) is 4.52 Å². The summed E-state index contributed by atoms with van der Waals surface area (Å²) < 4.78 is 1.97. The fraction of sp³-hybridized carbons (Fsp3) is 0.500. The fourth-order valence-corrected chi connectivity index (χ4v) is 2.23. The van der Waals surface area contributed by atoms with Crippen molar-refractivity contribution in [2.45, 2.75) is 33.6 Å². The summed E-state index contributed by atoms with van der Waals surface area (Å²) in [5.41, 5.74) is 10.5. The van der Waals surface area contributed by atoms with Crippen molar-refractivity contribution in [3.63, 3.8) is 0 Å². The first-order valence-corrected chi connectivity index (χ1v) is 6.63. The third-order valence-corrected chi connectivity index (χ3v) is 3.65. The van der Waals surface area contributed by atoms with Crippen LogP contribution in [-0.4, -0.2) is 23.2 Å². The third kappa shape index (κ3) is 2.08. The van der Waals surface area contributed by atoms with Crippen LogP contribution in [0.1, 0.15) is 31.0 Å². The predicted octanol–water partition coefficient (Wildman–Crippen LogP) is 1.48. The number of rotatable bonds is 4. The normalized spacial score (nSPS) is 13.1. The number of nitrogens with one attached hydrogen (secondary N) is 1. The van der Waals surface area contributed by atoms with Crippen molar-refractivity contribution in [3.05, 3.63) is 23.4 Å². The van der Waals surface area contributed by atoms with Gasteiger partial charge in [-0.15, -0.1) is 5.10 Å². The minimum Gasteiger partial charge on any atom is -0.391 e. The topological polar surface area (TPSA) is 47.8 Å². The maximum atomic E-state index is 6.23. The van der Waals surface area contributed by atoms with Gasteiger partial charge in [0, 0.05) is 5.69 Å². The van der Waals surface area contributed by atoms with Crippen molar-refractivity contribution < 1.29 is 4.90 Å². The van der Waals surface area contributed by atoms with Crippen LogP contribution in [0.5, 0.6) is 0 Å². The number of nitrogens with zero attached hydrogens (tertiary/aromatic N) is 2. The van der Waals surface area contributed by atoms with Gasteiger partial charge in [-0.1, -0.05) is 19.4 Å². The SMILES string of the molecule is CCCC[NH+](C)c1nn2c(C)c(C)ccc2c1N. The van der Waals surface area contributed by atoms with E-state index >= 15 is 0 Å². The maximum Gasteiger partial charge on any atom is 0.268 e. The summed E-state index contributed by atoms with van der Waals surface area (Å²) in [4.78, 5) is 1.29. The van der Waals surface area contributed by atoms with Crippen LogP contribution in [0.4, 0.5) is 11.5 Å². The number of hydrogen-bond acceptors (Lipinski definition) is 2. The van der Waals surface area contributed by atoms with Crippen LogP contribution in [0.3, 0.4) is 0 Å². The highest BCUT2D eigenvalue weighted by atomic mass is 15.3. The van der Waals surface area contributed by atoms with Crippen molar-refractivity contribution in [1.29, 1.82) is 0 Å². The van der Waals surface area contributed by atoms with Crippen LogP contribution < -0.4 is 10.6 Å². The Kier molecular flexibility index (Phi) is 3.57. The average molecular weight is 247 g/mol. The number of fused-ring (bicyclic) bond motifs is 1. The zero-order valence-electron chi connectivity index (χ0n) is 11.7. The Morgan fingerprint density at radius 1 is 1.33 bits per heavy atom. The molecule has 0 saturated heterocycles. The van der Waals surface area contributed by atoms with Gasteiger partial charge in [0.15, 0.2) is 0 Å². The number of pyridine rings is 1. The number of aryl methyl sites for hydroxylation is 2. The lowest BCUT2D eigenvalue weighted by molar-refractivity contribution is -0.812. The zero-order chi connectivity index (χ0) is 13.3. The predicted molar refractivity (Wildman–Crippen MR) is 75.4 cm³/mol. The van der Waals surface area contributed by atoms with E-state index in [0.717, 1.165) is 29.3 Å². The number of quaternary nitrogens is 1. The number of unbranched alkanes of at least 4 members (excludes halogenated alkanes) is 1. The molecule has 2 aromatic rings. The van der Waals surface area contributed by atoms with E-state index in [0.29, 0.717) is 0 Å². The molecule has 0 aromatic carbocycles. The lowest BCUT2D eigenvalue weighted by Gasteiger charge is -2.09. The molecule has 0 spiro atoms. The molecule has 0 fully saturated rings. The molecule has 4 heteroatoms. The quantitative estimate of drug-likeness (QED) is 0.859. The molecule has 0 saturated carbocycles. The molecule has 0 aliphatic heterocycles. The Hall–Kier alpha value is -1.55. The van der Waals surface area contributed by atoms with Gasteiger partial charge in [-0.3, -0.25) is 4.90 Å². The molecule has 0 amide bonds. The highest BCUT2D eigenvalue weighted by Crippen LogP contribution is 2.22. The second-order valence-electron chi connectivity index (χ2n) is 5.04. The summed E-state index contributed by atoms with van der Waals surface area (Å²) in [7, 11) is 2.13. The molecular formula is C14H23N4+. The van der Waals surface area contributed by atoms with Crippen molar-refractivity contribution >= 4 is 17.0 Å². The van der Waals surface area contributed by atoms with E-state index in [2.05, 4.69) is 45.1 Å². The Balaban J connectivity index is 2.47. The Labute approximate surface area is 108 Å². The molecule has 1 unspecified atom stereocenters. The highest BCUT2D eigenvalue weighted by Gasteiger charge is 2.19. The molecule has 1 atom stereocenters. The Morgan fingerprint density at radius 3 is 2.72 bits per heavy atom. The van der Waals surface area contributed by atoms with Crippen LogP contribution in [0.15, 0.2) is 12.1 Å². The standard InChI is InChI=1S/C14H22N4/c1-5-6-9-17(4)14-13(15)12-8-7-10(2)11(3)18(12)16-14/h7-8H,5-6,9,15H2,1-4H3/p+1. The molecule has 2 aromatic heterocycles. The number of anilines is 1. The maximum absolute atomic E-state index is 6.23. The van der Waals surface area contributed by atoms with Gasteiger partial charge >= 0.3 is 0 Å². The summed E-state index contributed by atoms with van der Waals surface area (Å²) in [6, 6.07) is 4.16. The number of nitrogen functional groups attached to an aromatic ring is 1. The smallest absolute Gasteiger partial charge is 0.268 e. The van der Waals surface area contributed by atoms with Crippen molar-refractivity contribution in [3.8, 4) is 0 Å². The first-order valence-electron chi connectivity index (χ1n) is 6.63. The summed E-state index contributed by atoms with van der Waals surface area (Å²) in [5.74, 6) is 0.970. The van der Waals surface area contributed by atoms with Gasteiger partial charge in [0.25, 0.3) is 5.82 Å². The second kappa shape index (κ2) is 4.98. The van der Waals surface area contributed by atoms with Gasteiger partial charge in [0.1, 0.15) is 5.69 Å². The number of aromatic nitrogens is 2. The molecule has 0 radical (unpaired) electrons. The first kappa shape index (κ1) is 12.9. The van der Waals surface area contributed by atoms with Crippen LogP contribution in [0.2, 0.25) is 0 Å². The molecule has 4 nitrogen and oxygen atoms in total. The molecule has 0 aliphatic carbocycles. The van der Waals surface area contributed by atoms with Crippen molar-refractivity contribution in [1.82, 2.24) is 9.61 Å². The van der Waals surface area contributed by atoms with E-state index in [1.54, 1.807) is 0 Å². The zero-order valence-corrected chi connectivity index (χ0v) is 11.7. The van der Waals surface area contributed by atoms with Gasteiger partial charge < -0.3 is 5.73 Å². The Morgan fingerprint density at radius 2 is 2.06 bits per heavy atom. The monoisotopic (exact) mass is 247 g/mol. The first-order chi connectivity index (χ1) is 8.56. The minimum absolute atomic E-state index is 0.812. The van der Waals surface area contributed by atoms with Crippen LogP contribution in [-0.2, 0) is 0 Å². The van der Waals surface area contributed by atoms with E-state index < -0.39 is 0 Å². The fourth-order valence-electron chi connectivity index (χ4n) is 2.23. The molecule has 2 rings (SSSR count). The van der Waals surface area contributed by atoms with Crippen molar-refractivity contribution in [2.75, 3.05) is 19.3 Å². The van der Waals surface area contributed by atoms with Crippen LogP contribution in [0, 0.1) is 13.8 Å². The number of hydrogen-bond donors (Lipinski definition) is 2. The summed E-state index contributed by atoms with van der Waals surface area (Å²) >= 11 is 0. The summed E-state index contributed by atoms with van der Waals surface area (Å²) in [6.45, 7) is 7.45. The van der Waals surface area contributed by atoms with E-state index in [1.807, 2.05) is 4.52 Å². The number of nitrogens with two attached hydrogens (primary N) is 1. The van der Waals surface area contributed by atoms with E-state index in [1.165, 1.54) is 23.3 Å². The van der Waals surface area contributed by atoms with Gasteiger partial charge in [0.05, 0.1) is 19.1 Å². The van der Waals surface area contributed by atoms with Crippen LogP contribution in [0.25, 0.3) is 5.52 Å². The molecule has 18 heavy (non-hydrogen) atoms. The summed E-state index contributed by atoms with van der Waals surface area (Å²) in [5, 5.41) is 4.68. The molecule has 3 N–H and O–H groups in total. The second-order valence-corrected chi connectivity index (χ2v) is 5.04. The average Bonchev–Trinajstić information content (AvgIpc) is 2.69. The largest absolute Gasteiger partial charge is 0.391 e. The Bertz CT molecular complexity index is 556. The summed E-state index contributed by atoms with van der Waals surface area (Å²) in [6.07, 6.45) is 2.39. The molecule has 0 bridgehead atoms. The third-order valence-electron chi connectivity index (χ3n) is 3.65. The van der Waals surface area contributed by atoms with E-state index in [-0.39, 0.29) is 0 Å².